The van der Waals surface area contributed by atoms with Gasteiger partial charge < -0.3 is 13.6 Å². The highest BCUT2D eigenvalue weighted by Gasteiger charge is 2.44. The lowest BCUT2D eigenvalue weighted by atomic mass is 9.84. The Labute approximate surface area is 110 Å². The van der Waals surface area contributed by atoms with Gasteiger partial charge in [0, 0.05) is 13.2 Å². The topological polar surface area (TPSA) is 61.8 Å². The van der Waals surface area contributed by atoms with Crippen molar-refractivity contribution in [1.82, 2.24) is 0 Å². The molecule has 0 bridgehead atoms. The minimum Gasteiger partial charge on any atom is -0.397 e. The van der Waals surface area contributed by atoms with E-state index in [2.05, 4.69) is 4.74 Å². The monoisotopic (exact) mass is 274 g/mol. The SMILES string of the molecule is CCO[SiH](CCCC1(C)CC(=O)OC1=O)OCC. The van der Waals surface area contributed by atoms with Crippen molar-refractivity contribution in [3.05, 3.63) is 0 Å². The van der Waals surface area contributed by atoms with Crippen molar-refractivity contribution in [1.29, 1.82) is 0 Å². The van der Waals surface area contributed by atoms with Crippen LogP contribution in [0.4, 0.5) is 0 Å². The van der Waals surface area contributed by atoms with E-state index in [9.17, 15) is 9.59 Å². The van der Waals surface area contributed by atoms with Gasteiger partial charge in [0.1, 0.15) is 0 Å². The number of hydrogen-bond donors (Lipinski definition) is 0. The number of hydrogen-bond acceptors (Lipinski definition) is 5. The average Bonchev–Trinajstić information content (AvgIpc) is 2.53. The molecule has 1 aliphatic heterocycles. The quantitative estimate of drug-likeness (QED) is 0.382. The van der Waals surface area contributed by atoms with E-state index >= 15 is 0 Å². The van der Waals surface area contributed by atoms with Gasteiger partial charge in [-0.1, -0.05) is 6.42 Å². The third-order valence-electron chi connectivity index (χ3n) is 3.11. The summed E-state index contributed by atoms with van der Waals surface area (Å²) in [6.45, 7) is 7.02. The average molecular weight is 274 g/mol. The molecule has 1 fully saturated rings. The largest absolute Gasteiger partial charge is 0.397 e. The molecule has 5 nitrogen and oxygen atoms in total. The van der Waals surface area contributed by atoms with E-state index < -0.39 is 26.6 Å². The van der Waals surface area contributed by atoms with Gasteiger partial charge in [-0.05, 0) is 33.2 Å². The van der Waals surface area contributed by atoms with Gasteiger partial charge in [0.25, 0.3) is 0 Å². The van der Waals surface area contributed by atoms with Crippen LogP contribution >= 0.6 is 0 Å². The fraction of sp³-hybridized carbons (Fsp3) is 0.833. The number of carbonyl (C=O) groups excluding carboxylic acids is 2. The molecule has 1 saturated heterocycles. The van der Waals surface area contributed by atoms with Gasteiger partial charge in [-0.3, -0.25) is 9.59 Å². The van der Waals surface area contributed by atoms with Gasteiger partial charge in [0.15, 0.2) is 0 Å². The standard InChI is InChI=1S/C12H22O5Si/c1-4-15-18(16-5-2)8-6-7-12(3)9-10(13)17-11(12)14/h18H,4-9H2,1-3H3. The van der Waals surface area contributed by atoms with Crippen molar-refractivity contribution in [2.24, 2.45) is 5.41 Å². The zero-order chi connectivity index (χ0) is 13.6. The third-order valence-corrected chi connectivity index (χ3v) is 5.40. The molecule has 0 radical (unpaired) electrons. The fourth-order valence-corrected chi connectivity index (χ4v) is 3.80. The maximum Gasteiger partial charge on any atom is 0.321 e. The van der Waals surface area contributed by atoms with Crippen molar-refractivity contribution in [3.63, 3.8) is 0 Å². The summed E-state index contributed by atoms with van der Waals surface area (Å²) < 4.78 is 15.7. The highest BCUT2D eigenvalue weighted by Crippen LogP contribution is 2.35. The van der Waals surface area contributed by atoms with E-state index in [4.69, 9.17) is 8.85 Å². The van der Waals surface area contributed by atoms with Crippen molar-refractivity contribution in [2.75, 3.05) is 13.2 Å². The Hall–Kier alpha value is -0.723. The smallest absolute Gasteiger partial charge is 0.321 e. The third kappa shape index (κ3) is 4.19. The van der Waals surface area contributed by atoms with E-state index in [0.717, 1.165) is 12.5 Å². The van der Waals surface area contributed by atoms with E-state index in [-0.39, 0.29) is 6.42 Å². The molecule has 0 aromatic heterocycles. The molecular formula is C12H22O5Si. The Balaban J connectivity index is 2.35. The second-order valence-electron chi connectivity index (χ2n) is 4.73. The molecule has 0 amide bonds. The summed E-state index contributed by atoms with van der Waals surface area (Å²) in [7, 11) is -1.60. The number of rotatable bonds is 8. The van der Waals surface area contributed by atoms with Crippen LogP contribution in [-0.2, 0) is 23.2 Å². The van der Waals surface area contributed by atoms with Crippen molar-refractivity contribution >= 4 is 21.2 Å². The van der Waals surface area contributed by atoms with Crippen molar-refractivity contribution in [3.8, 4) is 0 Å². The Kier molecular flexibility index (Phi) is 5.97. The number of carbonyl (C=O) groups is 2. The molecule has 1 aliphatic rings. The molecule has 1 heterocycles. The minimum atomic E-state index is -1.60. The lowest BCUT2D eigenvalue weighted by molar-refractivity contribution is -0.155. The highest BCUT2D eigenvalue weighted by molar-refractivity contribution is 6.44. The van der Waals surface area contributed by atoms with Gasteiger partial charge in [0.05, 0.1) is 11.8 Å². The molecule has 0 aromatic rings. The van der Waals surface area contributed by atoms with E-state index in [1.807, 2.05) is 13.8 Å². The van der Waals surface area contributed by atoms with Gasteiger partial charge >= 0.3 is 21.2 Å². The van der Waals surface area contributed by atoms with Crippen LogP contribution < -0.4 is 0 Å². The maximum atomic E-state index is 11.5. The molecule has 0 aliphatic carbocycles. The molecule has 1 unspecified atom stereocenters. The first-order valence-electron chi connectivity index (χ1n) is 6.50. The maximum absolute atomic E-state index is 11.5. The normalized spacial score (nSPS) is 23.8. The van der Waals surface area contributed by atoms with Crippen LogP contribution in [0.2, 0.25) is 6.04 Å². The summed E-state index contributed by atoms with van der Waals surface area (Å²) >= 11 is 0. The second kappa shape index (κ2) is 7.01. The molecule has 18 heavy (non-hydrogen) atoms. The van der Waals surface area contributed by atoms with Crippen LogP contribution in [-0.4, -0.2) is 34.4 Å². The molecule has 0 N–H and O–H groups in total. The molecule has 0 spiro atoms. The van der Waals surface area contributed by atoms with Crippen LogP contribution in [0.5, 0.6) is 0 Å². The summed E-state index contributed by atoms with van der Waals surface area (Å²) in [5.41, 5.74) is -0.644. The number of esters is 2. The predicted octanol–water partition coefficient (Wildman–Crippen LogP) is 1.54. The Morgan fingerprint density at radius 1 is 1.28 bits per heavy atom. The van der Waals surface area contributed by atoms with Gasteiger partial charge in [0.2, 0.25) is 0 Å². The van der Waals surface area contributed by atoms with E-state index in [1.54, 1.807) is 6.92 Å². The van der Waals surface area contributed by atoms with Crippen LogP contribution in [0.25, 0.3) is 0 Å². The van der Waals surface area contributed by atoms with Gasteiger partial charge in [-0.25, -0.2) is 0 Å². The van der Waals surface area contributed by atoms with Crippen molar-refractivity contribution in [2.45, 2.75) is 46.1 Å². The van der Waals surface area contributed by atoms with Crippen LogP contribution in [0.1, 0.15) is 40.0 Å². The lowest BCUT2D eigenvalue weighted by Gasteiger charge is -2.19. The second-order valence-corrected chi connectivity index (χ2v) is 6.83. The molecule has 0 aromatic carbocycles. The number of ether oxygens (including phenoxy) is 1. The first-order chi connectivity index (χ1) is 8.51. The molecule has 104 valence electrons. The van der Waals surface area contributed by atoms with Crippen molar-refractivity contribution < 1.29 is 23.2 Å². The summed E-state index contributed by atoms with van der Waals surface area (Å²) in [6, 6.07) is 0.860. The Bertz CT molecular complexity index is 301. The van der Waals surface area contributed by atoms with E-state index in [1.165, 1.54) is 0 Å². The lowest BCUT2D eigenvalue weighted by Crippen LogP contribution is -2.26. The van der Waals surface area contributed by atoms with Gasteiger partial charge in [-0.2, -0.15) is 0 Å². The Morgan fingerprint density at radius 3 is 2.33 bits per heavy atom. The fourth-order valence-electron chi connectivity index (χ4n) is 2.09. The first-order valence-corrected chi connectivity index (χ1v) is 8.26. The Morgan fingerprint density at radius 2 is 1.89 bits per heavy atom. The zero-order valence-corrected chi connectivity index (χ0v) is 12.5. The summed E-state index contributed by atoms with van der Waals surface area (Å²) in [5, 5.41) is 0. The highest BCUT2D eigenvalue weighted by atomic mass is 28.3. The van der Waals surface area contributed by atoms with Crippen LogP contribution in [0.15, 0.2) is 0 Å². The predicted molar refractivity (Wildman–Crippen MR) is 68.3 cm³/mol. The minimum absolute atomic E-state index is 0.196. The van der Waals surface area contributed by atoms with Crippen LogP contribution in [0, 0.1) is 5.41 Å². The first kappa shape index (κ1) is 15.3. The molecule has 6 heteroatoms. The van der Waals surface area contributed by atoms with Crippen LogP contribution in [0.3, 0.4) is 0 Å². The molecule has 0 saturated carbocycles. The number of cyclic esters (lactones) is 2. The molecular weight excluding hydrogens is 252 g/mol. The van der Waals surface area contributed by atoms with E-state index in [0.29, 0.717) is 19.6 Å². The zero-order valence-electron chi connectivity index (χ0n) is 11.4. The molecule has 1 rings (SSSR count). The summed E-state index contributed by atoms with van der Waals surface area (Å²) in [6.07, 6.45) is 1.68. The summed E-state index contributed by atoms with van der Waals surface area (Å²) in [4.78, 5) is 22.6. The molecule has 1 atom stereocenters. The summed E-state index contributed by atoms with van der Waals surface area (Å²) in [5.74, 6) is -0.801. The van der Waals surface area contributed by atoms with Gasteiger partial charge in [-0.15, -0.1) is 0 Å².